The molecule has 0 saturated carbocycles. The minimum atomic E-state index is -0.474. The molecule has 6 nitrogen and oxygen atoms in total. The van der Waals surface area contributed by atoms with Gasteiger partial charge >= 0.3 is 5.97 Å². The minimum Gasteiger partial charge on any atom is -0.451 e. The molecule has 2 heterocycles. The largest absolute Gasteiger partial charge is 0.451 e. The van der Waals surface area contributed by atoms with Crippen molar-refractivity contribution in [2.45, 2.75) is 60.2 Å². The first-order chi connectivity index (χ1) is 14.2. The summed E-state index contributed by atoms with van der Waals surface area (Å²) in [5.41, 5.74) is 3.23. The van der Waals surface area contributed by atoms with E-state index in [-0.39, 0.29) is 24.6 Å². The van der Waals surface area contributed by atoms with Gasteiger partial charge in [0.05, 0.1) is 12.2 Å². The summed E-state index contributed by atoms with van der Waals surface area (Å²) in [5, 5.41) is 5.56. The van der Waals surface area contributed by atoms with Crippen molar-refractivity contribution in [2.75, 3.05) is 6.61 Å². The highest BCUT2D eigenvalue weighted by Gasteiger charge is 2.23. The summed E-state index contributed by atoms with van der Waals surface area (Å²) in [7, 11) is 0. The lowest BCUT2D eigenvalue weighted by Gasteiger charge is -2.30. The molecule has 160 valence electrons. The second kappa shape index (κ2) is 9.00. The summed E-state index contributed by atoms with van der Waals surface area (Å²) in [6, 6.07) is 10.2. The van der Waals surface area contributed by atoms with Crippen LogP contribution in [0.2, 0.25) is 0 Å². The van der Waals surface area contributed by atoms with Crippen molar-refractivity contribution in [2.24, 2.45) is 0 Å². The van der Waals surface area contributed by atoms with E-state index in [2.05, 4.69) is 36.3 Å². The molecule has 1 amide bonds. The Balaban J connectivity index is 1.74. The van der Waals surface area contributed by atoms with E-state index in [4.69, 9.17) is 4.74 Å². The van der Waals surface area contributed by atoms with E-state index in [1.165, 1.54) is 16.9 Å². The molecule has 3 aromatic rings. The van der Waals surface area contributed by atoms with Gasteiger partial charge in [-0.25, -0.2) is 4.79 Å². The monoisotopic (exact) mass is 427 g/mol. The number of carbonyl (C=O) groups is 2. The van der Waals surface area contributed by atoms with Gasteiger partial charge in [-0.3, -0.25) is 9.48 Å². The zero-order valence-corrected chi connectivity index (χ0v) is 19.2. The van der Waals surface area contributed by atoms with Crippen LogP contribution in [0.4, 0.5) is 0 Å². The number of aromatic nitrogens is 2. The number of hydrogen-bond donors (Lipinski definition) is 0. The van der Waals surface area contributed by atoms with Crippen molar-refractivity contribution in [1.82, 2.24) is 14.7 Å². The van der Waals surface area contributed by atoms with E-state index in [0.717, 1.165) is 21.5 Å². The minimum absolute atomic E-state index is 0.0518. The Labute approximate surface area is 181 Å². The molecule has 0 atom stereocenters. The maximum absolute atomic E-state index is 12.6. The molecule has 0 aliphatic rings. The standard InChI is InChI=1S/C23H29N3O3S/c1-14(2)26(15(3)4)21(27)13-29-23(28)20-11-19-17(6)24-25(22(19)30-20)12-18-9-7-16(5)8-10-18/h7-11,14-15H,12-13H2,1-6H3. The van der Waals surface area contributed by atoms with Crippen LogP contribution in [0.15, 0.2) is 30.3 Å². The van der Waals surface area contributed by atoms with Crippen molar-refractivity contribution >= 4 is 33.4 Å². The number of carbonyl (C=O) groups excluding carboxylic acids is 2. The summed E-state index contributed by atoms with van der Waals surface area (Å²) >= 11 is 1.35. The van der Waals surface area contributed by atoms with Gasteiger partial charge in [0, 0.05) is 17.5 Å². The second-order valence-electron chi connectivity index (χ2n) is 8.12. The van der Waals surface area contributed by atoms with Crippen molar-refractivity contribution < 1.29 is 14.3 Å². The summed E-state index contributed by atoms with van der Waals surface area (Å²) in [4.78, 5) is 28.2. The lowest BCUT2D eigenvalue weighted by atomic mass is 10.1. The third-order valence-electron chi connectivity index (χ3n) is 4.99. The Bertz CT molecular complexity index is 1040. The fraction of sp³-hybridized carbons (Fsp3) is 0.435. The first-order valence-corrected chi connectivity index (χ1v) is 11.0. The highest BCUT2D eigenvalue weighted by Crippen LogP contribution is 2.29. The Hall–Kier alpha value is -2.67. The highest BCUT2D eigenvalue weighted by molar-refractivity contribution is 7.20. The van der Waals surface area contributed by atoms with Crippen molar-refractivity contribution in [3.8, 4) is 0 Å². The first kappa shape index (κ1) is 22.0. The fourth-order valence-corrected chi connectivity index (χ4v) is 4.69. The molecule has 0 spiro atoms. The van der Waals surface area contributed by atoms with E-state index < -0.39 is 5.97 Å². The smallest absolute Gasteiger partial charge is 0.348 e. The molecule has 7 heteroatoms. The van der Waals surface area contributed by atoms with Crippen LogP contribution in [0.5, 0.6) is 0 Å². The molecule has 1 aromatic carbocycles. The van der Waals surface area contributed by atoms with E-state index in [1.807, 2.05) is 45.4 Å². The van der Waals surface area contributed by atoms with Crippen LogP contribution in [-0.4, -0.2) is 45.2 Å². The molecular weight excluding hydrogens is 398 g/mol. The van der Waals surface area contributed by atoms with Gasteiger partial charge in [0.2, 0.25) is 0 Å². The normalized spacial score (nSPS) is 11.5. The molecule has 0 aliphatic heterocycles. The molecule has 30 heavy (non-hydrogen) atoms. The Kier molecular flexibility index (Phi) is 6.61. The van der Waals surface area contributed by atoms with E-state index in [1.54, 1.807) is 4.90 Å². The van der Waals surface area contributed by atoms with Gasteiger partial charge in [-0.1, -0.05) is 29.8 Å². The number of nitrogens with zero attached hydrogens (tertiary/aromatic N) is 3. The summed E-state index contributed by atoms with van der Waals surface area (Å²) in [6.45, 7) is 12.2. The fourth-order valence-electron chi connectivity index (χ4n) is 3.63. The highest BCUT2D eigenvalue weighted by atomic mass is 32.1. The number of thiophene rings is 1. The zero-order valence-electron chi connectivity index (χ0n) is 18.4. The van der Waals surface area contributed by atoms with Crippen LogP contribution < -0.4 is 0 Å². The van der Waals surface area contributed by atoms with E-state index in [0.29, 0.717) is 11.4 Å². The Morgan fingerprint density at radius 2 is 1.73 bits per heavy atom. The molecule has 0 radical (unpaired) electrons. The summed E-state index contributed by atoms with van der Waals surface area (Å²) in [6.07, 6.45) is 0. The van der Waals surface area contributed by atoms with Crippen LogP contribution in [0.25, 0.3) is 10.2 Å². The third kappa shape index (κ3) is 4.73. The van der Waals surface area contributed by atoms with Gasteiger partial charge in [-0.15, -0.1) is 11.3 Å². The van der Waals surface area contributed by atoms with Gasteiger partial charge in [0.1, 0.15) is 9.71 Å². The van der Waals surface area contributed by atoms with Gasteiger partial charge in [-0.2, -0.15) is 5.10 Å². The number of amides is 1. The van der Waals surface area contributed by atoms with E-state index in [9.17, 15) is 9.59 Å². The van der Waals surface area contributed by atoms with E-state index >= 15 is 0 Å². The van der Waals surface area contributed by atoms with Gasteiger partial charge < -0.3 is 9.64 Å². The van der Waals surface area contributed by atoms with Crippen LogP contribution in [0, 0.1) is 13.8 Å². The molecule has 0 unspecified atom stereocenters. The number of esters is 1. The van der Waals surface area contributed by atoms with Crippen molar-refractivity contribution in [3.63, 3.8) is 0 Å². The molecule has 0 aliphatic carbocycles. The van der Waals surface area contributed by atoms with Crippen LogP contribution in [0.3, 0.4) is 0 Å². The first-order valence-electron chi connectivity index (χ1n) is 10.2. The molecule has 2 aromatic heterocycles. The molecule has 0 saturated heterocycles. The topological polar surface area (TPSA) is 64.4 Å². The molecule has 3 rings (SSSR count). The number of rotatable bonds is 7. The molecular formula is C23H29N3O3S. The van der Waals surface area contributed by atoms with Crippen molar-refractivity contribution in [1.29, 1.82) is 0 Å². The maximum Gasteiger partial charge on any atom is 0.348 e. The Morgan fingerprint density at radius 1 is 1.10 bits per heavy atom. The van der Waals surface area contributed by atoms with Crippen LogP contribution in [0.1, 0.15) is 54.2 Å². The zero-order chi connectivity index (χ0) is 22.0. The average molecular weight is 428 g/mol. The number of aryl methyl sites for hydroxylation is 2. The SMILES string of the molecule is Cc1ccc(Cn2nc(C)c3cc(C(=O)OCC(=O)N(C(C)C)C(C)C)sc32)cc1. The summed E-state index contributed by atoms with van der Waals surface area (Å²) < 4.78 is 7.25. The lowest BCUT2D eigenvalue weighted by molar-refractivity contribution is -0.138. The molecule has 0 bridgehead atoms. The third-order valence-corrected chi connectivity index (χ3v) is 6.12. The predicted octanol–water partition coefficient (Wildman–Crippen LogP) is 4.57. The summed E-state index contributed by atoms with van der Waals surface area (Å²) in [5.74, 6) is -0.658. The van der Waals surface area contributed by atoms with Crippen LogP contribution in [-0.2, 0) is 16.1 Å². The average Bonchev–Trinajstić information content (AvgIpc) is 3.22. The van der Waals surface area contributed by atoms with Crippen LogP contribution >= 0.6 is 11.3 Å². The molecule has 0 N–H and O–H groups in total. The number of benzene rings is 1. The van der Waals surface area contributed by atoms with Gasteiger partial charge in [0.25, 0.3) is 5.91 Å². The molecule has 0 fully saturated rings. The number of hydrogen-bond acceptors (Lipinski definition) is 5. The Morgan fingerprint density at radius 3 is 2.33 bits per heavy atom. The quantitative estimate of drug-likeness (QED) is 0.518. The van der Waals surface area contributed by atoms with Gasteiger partial charge in [-0.05, 0) is 53.2 Å². The predicted molar refractivity (Wildman–Crippen MR) is 120 cm³/mol. The number of fused-ring (bicyclic) bond motifs is 1. The maximum atomic E-state index is 12.6. The number of ether oxygens (including phenoxy) is 1. The lowest BCUT2D eigenvalue weighted by Crippen LogP contribution is -2.44. The van der Waals surface area contributed by atoms with Crippen molar-refractivity contribution in [3.05, 3.63) is 52.0 Å². The second-order valence-corrected chi connectivity index (χ2v) is 9.15. The van der Waals surface area contributed by atoms with Gasteiger partial charge in [0.15, 0.2) is 6.61 Å².